The maximum atomic E-state index is 10.5. The van der Waals surface area contributed by atoms with Gasteiger partial charge < -0.3 is 10.8 Å². The van der Waals surface area contributed by atoms with Crippen molar-refractivity contribution in [3.63, 3.8) is 0 Å². The first-order valence-corrected chi connectivity index (χ1v) is 4.29. The highest BCUT2D eigenvalue weighted by Gasteiger charge is 2.05. The van der Waals surface area contributed by atoms with Gasteiger partial charge in [0.05, 0.1) is 18.3 Å². The second-order valence-corrected chi connectivity index (χ2v) is 3.43. The number of hydrogen-bond donors (Lipinski definition) is 2. The van der Waals surface area contributed by atoms with Crippen LogP contribution in [-0.2, 0) is 11.2 Å². The number of pyridine rings is 1. The normalized spacial score (nSPS) is 9.75. The molecular weight excluding hydrogens is 271 g/mol. The molecule has 1 aromatic rings. The highest BCUT2D eigenvalue weighted by atomic mass is 127. The van der Waals surface area contributed by atoms with E-state index in [1.807, 2.05) is 22.6 Å². The Morgan fingerprint density at radius 3 is 2.92 bits per heavy atom. The van der Waals surface area contributed by atoms with E-state index in [1.54, 1.807) is 0 Å². The molecule has 0 saturated heterocycles. The lowest BCUT2D eigenvalue weighted by molar-refractivity contribution is -0.117. The number of halogens is 1. The molecule has 12 heavy (non-hydrogen) atoms. The molecule has 0 bridgehead atoms. The van der Waals surface area contributed by atoms with E-state index in [-0.39, 0.29) is 12.2 Å². The first-order chi connectivity index (χ1) is 5.59. The second-order valence-electron chi connectivity index (χ2n) is 2.27. The molecule has 5 heteroatoms. The number of primary amides is 1. The molecular formula is C7H7IN2O2. The minimum absolute atomic E-state index is 0.0904. The summed E-state index contributed by atoms with van der Waals surface area (Å²) in [6.45, 7) is 0. The number of hydrogen-bond acceptors (Lipinski definition) is 3. The highest BCUT2D eigenvalue weighted by molar-refractivity contribution is 14.1. The summed E-state index contributed by atoms with van der Waals surface area (Å²) < 4.78 is 0.742. The Kier molecular flexibility index (Phi) is 2.85. The van der Waals surface area contributed by atoms with Crippen molar-refractivity contribution in [3.05, 3.63) is 21.5 Å². The molecule has 1 rings (SSSR count). The molecule has 0 fully saturated rings. The molecule has 0 aliphatic carbocycles. The molecule has 0 atom stereocenters. The molecule has 0 saturated carbocycles. The van der Waals surface area contributed by atoms with Gasteiger partial charge in [-0.05, 0) is 28.7 Å². The van der Waals surface area contributed by atoms with Crippen LogP contribution in [0.2, 0.25) is 0 Å². The fourth-order valence-corrected chi connectivity index (χ4v) is 1.40. The average Bonchev–Trinajstić information content (AvgIpc) is 1.94. The van der Waals surface area contributed by atoms with Gasteiger partial charge in [0.2, 0.25) is 5.91 Å². The van der Waals surface area contributed by atoms with Gasteiger partial charge >= 0.3 is 0 Å². The average molecular weight is 278 g/mol. The number of carbonyl (C=O) groups is 1. The number of aromatic hydroxyl groups is 1. The zero-order chi connectivity index (χ0) is 9.14. The quantitative estimate of drug-likeness (QED) is 0.770. The van der Waals surface area contributed by atoms with Gasteiger partial charge in [-0.3, -0.25) is 9.78 Å². The van der Waals surface area contributed by atoms with Crippen LogP contribution in [0.5, 0.6) is 5.75 Å². The van der Waals surface area contributed by atoms with E-state index in [4.69, 9.17) is 10.8 Å². The Balaban J connectivity index is 2.93. The second kappa shape index (κ2) is 3.70. The van der Waals surface area contributed by atoms with E-state index in [2.05, 4.69) is 4.98 Å². The van der Waals surface area contributed by atoms with Gasteiger partial charge in [0.25, 0.3) is 0 Å². The predicted molar refractivity (Wildman–Crippen MR) is 51.5 cm³/mol. The van der Waals surface area contributed by atoms with Crippen LogP contribution in [0.25, 0.3) is 0 Å². The van der Waals surface area contributed by atoms with Gasteiger partial charge in [-0.25, -0.2) is 0 Å². The van der Waals surface area contributed by atoms with Crippen LogP contribution in [0.15, 0.2) is 12.3 Å². The number of rotatable bonds is 2. The lowest BCUT2D eigenvalue weighted by atomic mass is 10.2. The smallest absolute Gasteiger partial charge is 0.223 e. The van der Waals surface area contributed by atoms with Gasteiger partial charge in [0.1, 0.15) is 5.75 Å². The third kappa shape index (κ3) is 2.33. The molecule has 0 aliphatic heterocycles. The summed E-state index contributed by atoms with van der Waals surface area (Å²) in [5.74, 6) is -0.335. The minimum Gasteiger partial charge on any atom is -0.506 e. The Labute approximate surface area is 82.9 Å². The van der Waals surface area contributed by atoms with E-state index < -0.39 is 5.91 Å². The van der Waals surface area contributed by atoms with Crippen molar-refractivity contribution in [1.29, 1.82) is 0 Å². The standard InChI is InChI=1S/C7H7IN2O2/c8-5-1-4(11)3-10-6(5)2-7(9)12/h1,3,11H,2H2,(H2,9,12). The van der Waals surface area contributed by atoms with Crippen molar-refractivity contribution in [2.75, 3.05) is 0 Å². The molecule has 0 aliphatic rings. The van der Waals surface area contributed by atoms with E-state index in [0.717, 1.165) is 3.57 Å². The molecule has 4 nitrogen and oxygen atoms in total. The fourth-order valence-electron chi connectivity index (χ4n) is 0.751. The van der Waals surface area contributed by atoms with Gasteiger partial charge in [-0.1, -0.05) is 0 Å². The van der Waals surface area contributed by atoms with E-state index in [0.29, 0.717) is 5.69 Å². The summed E-state index contributed by atoms with van der Waals surface area (Å²) in [5, 5.41) is 8.99. The summed E-state index contributed by atoms with van der Waals surface area (Å²) in [5.41, 5.74) is 5.58. The monoisotopic (exact) mass is 278 g/mol. The Hall–Kier alpha value is -0.850. The summed E-state index contributed by atoms with van der Waals surface area (Å²) in [6.07, 6.45) is 1.40. The van der Waals surface area contributed by atoms with Crippen molar-refractivity contribution in [1.82, 2.24) is 4.98 Å². The topological polar surface area (TPSA) is 76.2 Å². The third-order valence-electron chi connectivity index (χ3n) is 1.24. The number of carbonyl (C=O) groups excluding carboxylic acids is 1. The Bertz CT molecular complexity index is 314. The first-order valence-electron chi connectivity index (χ1n) is 3.21. The van der Waals surface area contributed by atoms with Crippen molar-refractivity contribution >= 4 is 28.5 Å². The molecule has 1 aromatic heterocycles. The lowest BCUT2D eigenvalue weighted by Gasteiger charge is -2.00. The van der Waals surface area contributed by atoms with Gasteiger partial charge in [-0.2, -0.15) is 0 Å². The van der Waals surface area contributed by atoms with Gasteiger partial charge in [-0.15, -0.1) is 0 Å². The number of amides is 1. The van der Waals surface area contributed by atoms with Crippen LogP contribution in [0.3, 0.4) is 0 Å². The summed E-state index contributed by atoms with van der Waals surface area (Å²) in [6, 6.07) is 1.53. The summed E-state index contributed by atoms with van der Waals surface area (Å²) in [7, 11) is 0. The predicted octanol–water partition coefficient (Wildman–Crippen LogP) is 0.420. The highest BCUT2D eigenvalue weighted by Crippen LogP contribution is 2.15. The van der Waals surface area contributed by atoms with E-state index in [9.17, 15) is 4.79 Å². The zero-order valence-electron chi connectivity index (χ0n) is 6.12. The fraction of sp³-hybridized carbons (Fsp3) is 0.143. The van der Waals surface area contributed by atoms with Crippen LogP contribution in [0.1, 0.15) is 5.69 Å². The minimum atomic E-state index is -0.425. The lowest BCUT2D eigenvalue weighted by Crippen LogP contribution is -2.15. The summed E-state index contributed by atoms with van der Waals surface area (Å²) >= 11 is 1.99. The molecule has 3 N–H and O–H groups in total. The maximum Gasteiger partial charge on any atom is 0.223 e. The van der Waals surface area contributed by atoms with Crippen LogP contribution in [0.4, 0.5) is 0 Å². The van der Waals surface area contributed by atoms with Crippen LogP contribution < -0.4 is 5.73 Å². The van der Waals surface area contributed by atoms with Crippen molar-refractivity contribution in [2.45, 2.75) is 6.42 Å². The SMILES string of the molecule is NC(=O)Cc1ncc(O)cc1I. The number of aromatic nitrogens is 1. The first kappa shape index (κ1) is 9.24. The summed E-state index contributed by atoms with van der Waals surface area (Å²) in [4.78, 5) is 14.4. The van der Waals surface area contributed by atoms with Crippen LogP contribution in [0, 0.1) is 3.57 Å². The Morgan fingerprint density at radius 2 is 2.42 bits per heavy atom. The van der Waals surface area contributed by atoms with E-state index in [1.165, 1.54) is 12.3 Å². The third-order valence-corrected chi connectivity index (χ3v) is 2.18. The molecule has 64 valence electrons. The van der Waals surface area contributed by atoms with E-state index >= 15 is 0 Å². The molecule has 1 heterocycles. The van der Waals surface area contributed by atoms with Gasteiger partial charge in [0.15, 0.2) is 0 Å². The molecule has 0 radical (unpaired) electrons. The molecule has 0 spiro atoms. The van der Waals surface area contributed by atoms with Crippen LogP contribution in [-0.4, -0.2) is 16.0 Å². The molecule has 1 amide bonds. The number of nitrogens with zero attached hydrogens (tertiary/aromatic N) is 1. The Morgan fingerprint density at radius 1 is 1.75 bits per heavy atom. The van der Waals surface area contributed by atoms with Gasteiger partial charge in [0, 0.05) is 3.57 Å². The molecule has 0 unspecified atom stereocenters. The number of nitrogens with two attached hydrogens (primary N) is 1. The van der Waals surface area contributed by atoms with Crippen LogP contribution >= 0.6 is 22.6 Å². The van der Waals surface area contributed by atoms with Crippen molar-refractivity contribution < 1.29 is 9.90 Å². The largest absolute Gasteiger partial charge is 0.506 e. The van der Waals surface area contributed by atoms with Crippen molar-refractivity contribution in [2.24, 2.45) is 5.73 Å². The van der Waals surface area contributed by atoms with Crippen molar-refractivity contribution in [3.8, 4) is 5.75 Å². The zero-order valence-corrected chi connectivity index (χ0v) is 8.28. The molecule has 0 aromatic carbocycles. The maximum absolute atomic E-state index is 10.5.